The molecule has 8 atom stereocenters. The maximum absolute atomic E-state index is 12.5. The van der Waals surface area contributed by atoms with Crippen LogP contribution in [0.4, 0.5) is 0 Å². The molecule has 0 heterocycles. The van der Waals surface area contributed by atoms with Gasteiger partial charge in [0.1, 0.15) is 5.78 Å². The molecule has 4 aliphatic rings. The first-order valence-corrected chi connectivity index (χ1v) is 9.58. The van der Waals surface area contributed by atoms with E-state index in [1.807, 2.05) is 0 Å². The van der Waals surface area contributed by atoms with Crippen LogP contribution in [0.1, 0.15) is 65.2 Å². The molecule has 4 saturated carbocycles. The van der Waals surface area contributed by atoms with Gasteiger partial charge in [0.2, 0.25) is 0 Å². The number of rotatable bonds is 0. The highest BCUT2D eigenvalue weighted by atomic mass is 16.3. The van der Waals surface area contributed by atoms with Crippen LogP contribution in [0.3, 0.4) is 0 Å². The third kappa shape index (κ3) is 1.95. The Morgan fingerprint density at radius 3 is 2.65 bits per heavy atom. The van der Waals surface area contributed by atoms with Gasteiger partial charge in [0, 0.05) is 17.8 Å². The van der Waals surface area contributed by atoms with Gasteiger partial charge in [-0.15, -0.1) is 12.3 Å². The van der Waals surface area contributed by atoms with Crippen molar-refractivity contribution in [3.05, 3.63) is 0 Å². The average Bonchev–Trinajstić information content (AvgIpc) is 2.83. The number of aliphatic hydroxyl groups excluding tert-OH is 1. The number of ketones is 1. The molecule has 2 heteroatoms. The van der Waals surface area contributed by atoms with Gasteiger partial charge in [0.25, 0.3) is 0 Å². The molecule has 0 radical (unpaired) electrons. The summed E-state index contributed by atoms with van der Waals surface area (Å²) in [6, 6.07) is 0. The van der Waals surface area contributed by atoms with Crippen LogP contribution in [-0.2, 0) is 4.79 Å². The standard InChI is InChI=1S/C21H30O2/c1-4-13-11-15(22)12-14-5-6-16-17-7-8-19(23)20(17,2)10-9-18(16)21(13,14)3/h1,13-18,22H,5-12H2,2-3H3/t13-,14-,15-,16-,17-,18-,20-,21-/m0/s1. The molecule has 126 valence electrons. The maximum atomic E-state index is 12.5. The van der Waals surface area contributed by atoms with Gasteiger partial charge in [-0.1, -0.05) is 13.8 Å². The molecule has 4 rings (SSSR count). The quantitative estimate of drug-likeness (QED) is 0.690. The number of carbonyl (C=O) groups excluding carboxylic acids is 1. The topological polar surface area (TPSA) is 37.3 Å². The largest absolute Gasteiger partial charge is 0.393 e. The molecule has 0 aliphatic heterocycles. The maximum Gasteiger partial charge on any atom is 0.139 e. The Bertz CT molecular complexity index is 561. The summed E-state index contributed by atoms with van der Waals surface area (Å²) >= 11 is 0. The van der Waals surface area contributed by atoms with Gasteiger partial charge in [0.15, 0.2) is 0 Å². The molecule has 0 bridgehead atoms. The zero-order chi connectivity index (χ0) is 16.4. The number of fused-ring (bicyclic) bond motifs is 5. The van der Waals surface area contributed by atoms with Crippen molar-refractivity contribution in [2.24, 2.45) is 40.4 Å². The van der Waals surface area contributed by atoms with Crippen LogP contribution >= 0.6 is 0 Å². The van der Waals surface area contributed by atoms with Crippen LogP contribution in [0.5, 0.6) is 0 Å². The van der Waals surface area contributed by atoms with E-state index in [4.69, 9.17) is 6.42 Å². The second-order valence-electron chi connectivity index (χ2n) is 9.28. The van der Waals surface area contributed by atoms with E-state index in [1.54, 1.807) is 0 Å². The van der Waals surface area contributed by atoms with E-state index in [9.17, 15) is 9.90 Å². The van der Waals surface area contributed by atoms with Gasteiger partial charge in [-0.2, -0.15) is 0 Å². The van der Waals surface area contributed by atoms with Crippen LogP contribution < -0.4 is 0 Å². The summed E-state index contributed by atoms with van der Waals surface area (Å²) < 4.78 is 0. The normalized spacial score (nSPS) is 55.5. The molecule has 1 N–H and O–H groups in total. The van der Waals surface area contributed by atoms with E-state index in [0.29, 0.717) is 29.5 Å². The van der Waals surface area contributed by atoms with Crippen molar-refractivity contribution in [2.45, 2.75) is 71.3 Å². The minimum absolute atomic E-state index is 0.0514. The molecule has 4 aliphatic carbocycles. The molecule has 0 saturated heterocycles. The number of Topliss-reactive ketones (excluding diaryl/α,β-unsaturated/α-hetero) is 1. The van der Waals surface area contributed by atoms with E-state index in [-0.39, 0.29) is 22.9 Å². The fourth-order valence-electron chi connectivity index (χ4n) is 7.35. The summed E-state index contributed by atoms with van der Waals surface area (Å²) in [5.41, 5.74) is 0.119. The number of aliphatic hydroxyl groups is 1. The van der Waals surface area contributed by atoms with Gasteiger partial charge in [-0.05, 0) is 74.0 Å². The van der Waals surface area contributed by atoms with Crippen molar-refractivity contribution in [3.63, 3.8) is 0 Å². The molecule has 0 unspecified atom stereocenters. The minimum atomic E-state index is -0.215. The van der Waals surface area contributed by atoms with Gasteiger partial charge in [0.05, 0.1) is 6.10 Å². The van der Waals surface area contributed by atoms with Crippen molar-refractivity contribution < 1.29 is 9.90 Å². The summed E-state index contributed by atoms with van der Waals surface area (Å²) in [6.07, 6.45) is 13.9. The Hall–Kier alpha value is -0.810. The number of terminal acetylenes is 1. The van der Waals surface area contributed by atoms with Gasteiger partial charge in [-0.3, -0.25) is 4.79 Å². The second kappa shape index (κ2) is 5.09. The van der Waals surface area contributed by atoms with Crippen molar-refractivity contribution in [3.8, 4) is 12.3 Å². The highest BCUT2D eigenvalue weighted by Gasteiger charge is 2.62. The monoisotopic (exact) mass is 314 g/mol. The fourth-order valence-corrected chi connectivity index (χ4v) is 7.35. The van der Waals surface area contributed by atoms with Crippen molar-refractivity contribution >= 4 is 5.78 Å². The summed E-state index contributed by atoms with van der Waals surface area (Å²) in [7, 11) is 0. The second-order valence-corrected chi connectivity index (χ2v) is 9.28. The molecule has 4 fully saturated rings. The van der Waals surface area contributed by atoms with Gasteiger partial charge in [-0.25, -0.2) is 0 Å². The molecule has 0 aromatic heterocycles. The van der Waals surface area contributed by atoms with E-state index in [0.717, 1.165) is 38.5 Å². The van der Waals surface area contributed by atoms with Crippen LogP contribution in [0.25, 0.3) is 0 Å². The Morgan fingerprint density at radius 1 is 1.13 bits per heavy atom. The van der Waals surface area contributed by atoms with Crippen LogP contribution in [0, 0.1) is 52.8 Å². The Morgan fingerprint density at radius 2 is 1.91 bits per heavy atom. The summed E-state index contributed by atoms with van der Waals surface area (Å²) in [5, 5.41) is 10.2. The minimum Gasteiger partial charge on any atom is -0.393 e. The third-order valence-corrected chi connectivity index (χ3v) is 8.69. The molecule has 0 spiro atoms. The summed E-state index contributed by atoms with van der Waals surface area (Å²) in [6.45, 7) is 4.66. The molecular formula is C21H30O2. The lowest BCUT2D eigenvalue weighted by molar-refractivity contribution is -0.149. The average molecular weight is 314 g/mol. The number of hydrogen-bond acceptors (Lipinski definition) is 2. The Labute approximate surface area is 140 Å². The first-order chi connectivity index (χ1) is 10.9. The number of carbonyl (C=O) groups is 1. The zero-order valence-corrected chi connectivity index (χ0v) is 14.6. The van der Waals surface area contributed by atoms with E-state index < -0.39 is 0 Å². The number of hydrogen-bond donors (Lipinski definition) is 1. The first-order valence-electron chi connectivity index (χ1n) is 9.58. The third-order valence-electron chi connectivity index (χ3n) is 8.69. The molecule has 0 aromatic rings. The van der Waals surface area contributed by atoms with Crippen molar-refractivity contribution in [1.29, 1.82) is 0 Å². The molecule has 0 aromatic carbocycles. The lowest BCUT2D eigenvalue weighted by atomic mass is 9.43. The van der Waals surface area contributed by atoms with Crippen LogP contribution in [0.2, 0.25) is 0 Å². The van der Waals surface area contributed by atoms with E-state index in [2.05, 4.69) is 19.8 Å². The fraction of sp³-hybridized carbons (Fsp3) is 0.857. The SMILES string of the molecule is C#C[C@H]1C[C@H](O)C[C@@H]2CC[C@@H]3[C@H](CC[C@]4(C)C(=O)CC[C@@H]34)[C@]21C. The predicted molar refractivity (Wildman–Crippen MR) is 90.4 cm³/mol. The smallest absolute Gasteiger partial charge is 0.139 e. The summed E-state index contributed by atoms with van der Waals surface area (Å²) in [4.78, 5) is 12.5. The van der Waals surface area contributed by atoms with Crippen molar-refractivity contribution in [2.75, 3.05) is 0 Å². The van der Waals surface area contributed by atoms with Crippen LogP contribution in [0.15, 0.2) is 0 Å². The van der Waals surface area contributed by atoms with Gasteiger partial charge >= 0.3 is 0 Å². The summed E-state index contributed by atoms with van der Waals surface area (Å²) in [5.74, 6) is 6.24. The molecular weight excluding hydrogens is 284 g/mol. The van der Waals surface area contributed by atoms with Gasteiger partial charge < -0.3 is 5.11 Å². The van der Waals surface area contributed by atoms with E-state index >= 15 is 0 Å². The predicted octanol–water partition coefficient (Wildman–Crippen LogP) is 3.82. The highest BCUT2D eigenvalue weighted by molar-refractivity contribution is 5.87. The first kappa shape index (κ1) is 15.7. The van der Waals surface area contributed by atoms with Crippen LogP contribution in [-0.4, -0.2) is 17.0 Å². The molecule has 23 heavy (non-hydrogen) atoms. The molecule has 2 nitrogen and oxygen atoms in total. The zero-order valence-electron chi connectivity index (χ0n) is 14.6. The van der Waals surface area contributed by atoms with Crippen molar-refractivity contribution in [1.82, 2.24) is 0 Å². The Kier molecular flexibility index (Phi) is 3.48. The lowest BCUT2D eigenvalue weighted by Gasteiger charge is -2.61. The highest BCUT2D eigenvalue weighted by Crippen LogP contribution is 2.66. The molecule has 0 amide bonds. The van der Waals surface area contributed by atoms with E-state index in [1.165, 1.54) is 12.8 Å². The lowest BCUT2D eigenvalue weighted by Crippen LogP contribution is -2.57. The Balaban J connectivity index is 1.70.